The van der Waals surface area contributed by atoms with E-state index in [-0.39, 0.29) is 5.75 Å². The summed E-state index contributed by atoms with van der Waals surface area (Å²) in [6.07, 6.45) is 0.697. The number of hydrogen-bond donors (Lipinski definition) is 0. The summed E-state index contributed by atoms with van der Waals surface area (Å²) >= 11 is 3.30. The number of methoxy groups -OCH3 is 1. The number of halogens is 1. The third-order valence-corrected chi connectivity index (χ3v) is 3.58. The highest BCUT2D eigenvalue weighted by Crippen LogP contribution is 2.37. The molecule has 0 fully saturated rings. The zero-order chi connectivity index (χ0) is 16.8. The van der Waals surface area contributed by atoms with E-state index in [1.165, 1.54) is 6.07 Å². The molecule has 0 aromatic heterocycles. The van der Waals surface area contributed by atoms with Crippen molar-refractivity contribution >= 4 is 28.2 Å². The molecule has 120 valence electrons. The average Bonchev–Trinajstić information content (AvgIpc) is 2.57. The number of carbonyl (C=O) groups excluding carboxylic acids is 2. The van der Waals surface area contributed by atoms with Gasteiger partial charge in [0.05, 0.1) is 23.8 Å². The standard InChI is InChI=1S/C17H15BrO5/c1-3-22-15-9-11(10-19)8-14(18)16(15)23-17(20)12-4-6-13(21-2)7-5-12/h4-10H,3H2,1-2H3. The minimum Gasteiger partial charge on any atom is -0.497 e. The first kappa shape index (κ1) is 17.0. The molecule has 2 aromatic rings. The van der Waals surface area contributed by atoms with Gasteiger partial charge in [-0.1, -0.05) is 0 Å². The van der Waals surface area contributed by atoms with Crippen molar-refractivity contribution in [2.24, 2.45) is 0 Å². The number of benzene rings is 2. The van der Waals surface area contributed by atoms with E-state index in [4.69, 9.17) is 14.2 Å². The molecule has 0 radical (unpaired) electrons. The van der Waals surface area contributed by atoms with Crippen molar-refractivity contribution in [3.05, 3.63) is 52.0 Å². The Morgan fingerprint density at radius 2 is 1.91 bits per heavy atom. The monoisotopic (exact) mass is 378 g/mol. The Morgan fingerprint density at radius 3 is 2.48 bits per heavy atom. The summed E-state index contributed by atoms with van der Waals surface area (Å²) in [5.41, 5.74) is 0.796. The van der Waals surface area contributed by atoms with Crippen molar-refractivity contribution in [1.29, 1.82) is 0 Å². The maximum Gasteiger partial charge on any atom is 0.343 e. The van der Waals surface area contributed by atoms with Crippen LogP contribution in [-0.2, 0) is 0 Å². The second kappa shape index (κ2) is 7.78. The van der Waals surface area contributed by atoms with Crippen LogP contribution in [0.5, 0.6) is 17.2 Å². The number of aldehydes is 1. The molecule has 0 aliphatic rings. The molecule has 2 aromatic carbocycles. The first-order valence-corrected chi connectivity index (χ1v) is 7.66. The molecule has 0 unspecified atom stereocenters. The SMILES string of the molecule is CCOc1cc(C=O)cc(Br)c1OC(=O)c1ccc(OC)cc1. The number of hydrogen-bond acceptors (Lipinski definition) is 5. The largest absolute Gasteiger partial charge is 0.497 e. The predicted octanol–water partition coefficient (Wildman–Crippen LogP) is 3.89. The van der Waals surface area contributed by atoms with Crippen molar-refractivity contribution < 1.29 is 23.8 Å². The highest BCUT2D eigenvalue weighted by Gasteiger charge is 2.17. The minimum absolute atomic E-state index is 0.235. The zero-order valence-electron chi connectivity index (χ0n) is 12.7. The van der Waals surface area contributed by atoms with E-state index < -0.39 is 5.97 Å². The molecule has 2 rings (SSSR count). The number of rotatable bonds is 6. The molecular formula is C17H15BrO5. The Hall–Kier alpha value is -2.34. The number of carbonyl (C=O) groups is 2. The summed E-state index contributed by atoms with van der Waals surface area (Å²) in [6, 6.07) is 9.64. The van der Waals surface area contributed by atoms with Gasteiger partial charge in [0.25, 0.3) is 0 Å². The van der Waals surface area contributed by atoms with E-state index in [0.29, 0.717) is 40.0 Å². The van der Waals surface area contributed by atoms with E-state index in [1.807, 2.05) is 0 Å². The van der Waals surface area contributed by atoms with E-state index in [0.717, 1.165) is 0 Å². The van der Waals surface area contributed by atoms with Crippen LogP contribution in [0.3, 0.4) is 0 Å². The highest BCUT2D eigenvalue weighted by molar-refractivity contribution is 9.10. The van der Waals surface area contributed by atoms with Crippen molar-refractivity contribution in [3.63, 3.8) is 0 Å². The van der Waals surface area contributed by atoms with E-state index >= 15 is 0 Å². The Morgan fingerprint density at radius 1 is 1.22 bits per heavy atom. The molecule has 0 aliphatic heterocycles. The summed E-state index contributed by atoms with van der Waals surface area (Å²) in [5.74, 6) is 0.672. The summed E-state index contributed by atoms with van der Waals surface area (Å²) in [6.45, 7) is 2.18. The van der Waals surface area contributed by atoms with Crippen LogP contribution in [0.25, 0.3) is 0 Å². The van der Waals surface area contributed by atoms with Crippen molar-refractivity contribution in [1.82, 2.24) is 0 Å². The molecule has 0 atom stereocenters. The molecule has 23 heavy (non-hydrogen) atoms. The van der Waals surface area contributed by atoms with Gasteiger partial charge in [0.2, 0.25) is 0 Å². The van der Waals surface area contributed by atoms with E-state index in [2.05, 4.69) is 15.9 Å². The van der Waals surface area contributed by atoms with Gasteiger partial charge >= 0.3 is 5.97 Å². The van der Waals surface area contributed by atoms with Crippen LogP contribution in [-0.4, -0.2) is 26.0 Å². The van der Waals surface area contributed by atoms with Crippen LogP contribution in [0.15, 0.2) is 40.9 Å². The summed E-state index contributed by atoms with van der Waals surface area (Å²) in [7, 11) is 1.55. The predicted molar refractivity (Wildman–Crippen MR) is 88.7 cm³/mol. The van der Waals surface area contributed by atoms with Gasteiger partial charge in [-0.3, -0.25) is 4.79 Å². The quantitative estimate of drug-likeness (QED) is 0.433. The van der Waals surface area contributed by atoms with Crippen LogP contribution >= 0.6 is 15.9 Å². The molecule has 0 saturated carbocycles. The molecular weight excluding hydrogens is 364 g/mol. The molecule has 0 amide bonds. The fourth-order valence-electron chi connectivity index (χ4n) is 1.90. The summed E-state index contributed by atoms with van der Waals surface area (Å²) in [5, 5.41) is 0. The highest BCUT2D eigenvalue weighted by atomic mass is 79.9. The second-order valence-electron chi connectivity index (χ2n) is 4.50. The van der Waals surface area contributed by atoms with Crippen LogP contribution < -0.4 is 14.2 Å². The smallest absolute Gasteiger partial charge is 0.343 e. The molecule has 6 heteroatoms. The Kier molecular flexibility index (Phi) is 5.76. The fourth-order valence-corrected chi connectivity index (χ4v) is 2.44. The van der Waals surface area contributed by atoms with E-state index in [1.54, 1.807) is 44.4 Å². The fraction of sp³-hybridized carbons (Fsp3) is 0.176. The Labute approximate surface area is 142 Å². The zero-order valence-corrected chi connectivity index (χ0v) is 14.3. The summed E-state index contributed by atoms with van der Waals surface area (Å²) < 4.78 is 16.4. The van der Waals surface area contributed by atoms with Gasteiger partial charge in [-0.2, -0.15) is 0 Å². The van der Waals surface area contributed by atoms with Gasteiger partial charge in [0.15, 0.2) is 11.5 Å². The third kappa shape index (κ3) is 4.10. The van der Waals surface area contributed by atoms with Crippen molar-refractivity contribution in [3.8, 4) is 17.2 Å². The van der Waals surface area contributed by atoms with Gasteiger partial charge in [0.1, 0.15) is 12.0 Å². The van der Waals surface area contributed by atoms with Gasteiger partial charge < -0.3 is 14.2 Å². The van der Waals surface area contributed by atoms with E-state index in [9.17, 15) is 9.59 Å². The van der Waals surface area contributed by atoms with Crippen LogP contribution in [0.1, 0.15) is 27.6 Å². The van der Waals surface area contributed by atoms with Crippen LogP contribution in [0, 0.1) is 0 Å². The first-order valence-electron chi connectivity index (χ1n) is 6.86. The molecule has 0 heterocycles. The topological polar surface area (TPSA) is 61.8 Å². The average molecular weight is 379 g/mol. The van der Waals surface area contributed by atoms with Crippen LogP contribution in [0.4, 0.5) is 0 Å². The van der Waals surface area contributed by atoms with Crippen molar-refractivity contribution in [2.45, 2.75) is 6.92 Å². The van der Waals surface area contributed by atoms with Crippen LogP contribution in [0.2, 0.25) is 0 Å². The Bertz CT molecular complexity index is 710. The summed E-state index contributed by atoms with van der Waals surface area (Å²) in [4.78, 5) is 23.2. The van der Waals surface area contributed by atoms with Gasteiger partial charge in [-0.15, -0.1) is 0 Å². The van der Waals surface area contributed by atoms with Gasteiger partial charge in [-0.05, 0) is 59.3 Å². The number of ether oxygens (including phenoxy) is 3. The minimum atomic E-state index is -0.534. The van der Waals surface area contributed by atoms with Crippen molar-refractivity contribution in [2.75, 3.05) is 13.7 Å². The molecule has 0 N–H and O–H groups in total. The molecule has 0 aliphatic carbocycles. The molecule has 5 nitrogen and oxygen atoms in total. The Balaban J connectivity index is 2.30. The normalized spacial score (nSPS) is 10.0. The second-order valence-corrected chi connectivity index (χ2v) is 5.35. The molecule has 0 spiro atoms. The molecule has 0 bridgehead atoms. The molecule has 0 saturated heterocycles. The lowest BCUT2D eigenvalue weighted by Crippen LogP contribution is -2.10. The third-order valence-electron chi connectivity index (χ3n) is 2.99. The lowest BCUT2D eigenvalue weighted by atomic mass is 10.2. The van der Waals surface area contributed by atoms with Gasteiger partial charge in [0, 0.05) is 5.56 Å². The number of esters is 1. The lowest BCUT2D eigenvalue weighted by molar-refractivity contribution is 0.0727. The lowest BCUT2D eigenvalue weighted by Gasteiger charge is -2.13. The maximum absolute atomic E-state index is 12.3. The maximum atomic E-state index is 12.3. The first-order chi connectivity index (χ1) is 11.1. The van der Waals surface area contributed by atoms with Gasteiger partial charge in [-0.25, -0.2) is 4.79 Å².